The summed E-state index contributed by atoms with van der Waals surface area (Å²) in [6.45, 7) is 9.37. The van der Waals surface area contributed by atoms with Crippen molar-refractivity contribution in [3.8, 4) is 0 Å². The summed E-state index contributed by atoms with van der Waals surface area (Å²) >= 11 is 0. The lowest BCUT2D eigenvalue weighted by Crippen LogP contribution is -3.00. The molecule has 0 saturated heterocycles. The van der Waals surface area contributed by atoms with Gasteiger partial charge in [-0.15, -0.1) is 0 Å². The number of allylic oxidation sites excluding steroid dienone is 6. The lowest BCUT2D eigenvalue weighted by atomic mass is 9.72. The van der Waals surface area contributed by atoms with E-state index in [4.69, 9.17) is 0 Å². The monoisotopic (exact) mass is 544 g/mol. The fraction of sp³-hybridized carbons (Fsp3) is 0.273. The summed E-state index contributed by atoms with van der Waals surface area (Å²) < 4.78 is 0. The normalized spacial score (nSPS) is 16.3. The van der Waals surface area contributed by atoms with Gasteiger partial charge in [0.05, 0.1) is 6.16 Å². The number of halogens is 1. The van der Waals surface area contributed by atoms with Gasteiger partial charge in [-0.25, -0.2) is 0 Å². The number of hydrogen-bond donors (Lipinski definition) is 0. The van der Waals surface area contributed by atoms with E-state index in [1.807, 2.05) is 0 Å². The van der Waals surface area contributed by atoms with Crippen molar-refractivity contribution in [3.63, 3.8) is 0 Å². The molecule has 35 heavy (non-hydrogen) atoms. The first-order valence-corrected chi connectivity index (χ1v) is 14.5. The molecule has 182 valence electrons. The largest absolute Gasteiger partial charge is 1.00 e. The Morgan fingerprint density at radius 1 is 0.800 bits per heavy atom. The smallest absolute Gasteiger partial charge is 0.115 e. The van der Waals surface area contributed by atoms with E-state index in [0.29, 0.717) is 0 Å². The molecule has 0 unspecified atom stereocenters. The Hall–Kier alpha value is -2.21. The maximum absolute atomic E-state index is 2.48. The molecule has 0 fully saturated rings. The highest BCUT2D eigenvalue weighted by molar-refractivity contribution is 7.95. The van der Waals surface area contributed by atoms with Crippen LogP contribution >= 0.6 is 7.26 Å². The van der Waals surface area contributed by atoms with Crippen LogP contribution < -0.4 is 32.9 Å². The second-order valence-electron chi connectivity index (χ2n) is 10.2. The van der Waals surface area contributed by atoms with Gasteiger partial charge in [-0.3, -0.25) is 0 Å². The second kappa shape index (κ2) is 12.2. The molecule has 3 aromatic carbocycles. The van der Waals surface area contributed by atoms with Gasteiger partial charge in [-0.1, -0.05) is 91.7 Å². The predicted molar refractivity (Wildman–Crippen MR) is 153 cm³/mol. The summed E-state index contributed by atoms with van der Waals surface area (Å²) in [5, 5.41) is 4.31. The third kappa shape index (κ3) is 6.14. The van der Waals surface area contributed by atoms with Crippen molar-refractivity contribution in [2.45, 2.75) is 47.0 Å². The van der Waals surface area contributed by atoms with E-state index >= 15 is 0 Å². The van der Waals surface area contributed by atoms with Crippen molar-refractivity contribution >= 4 is 23.2 Å². The predicted octanol–water partition coefficient (Wildman–Crippen LogP) is 5.01. The summed E-state index contributed by atoms with van der Waals surface area (Å²) in [5.74, 6) is 0. The molecular formula is C33H38BrP. The molecule has 3 aromatic rings. The van der Waals surface area contributed by atoms with Crippen LogP contribution in [0.2, 0.25) is 0 Å². The van der Waals surface area contributed by atoms with Gasteiger partial charge in [0.15, 0.2) is 0 Å². The van der Waals surface area contributed by atoms with Gasteiger partial charge in [0, 0.05) is 0 Å². The molecule has 0 N–H and O–H groups in total. The minimum atomic E-state index is -1.82. The third-order valence-electron chi connectivity index (χ3n) is 7.33. The molecule has 2 heteroatoms. The van der Waals surface area contributed by atoms with Gasteiger partial charge in [0.1, 0.15) is 23.2 Å². The first kappa shape index (κ1) is 27.4. The second-order valence-corrected chi connectivity index (χ2v) is 13.7. The van der Waals surface area contributed by atoms with Crippen LogP contribution in [0.1, 0.15) is 47.0 Å². The van der Waals surface area contributed by atoms with Gasteiger partial charge in [-0.2, -0.15) is 0 Å². The summed E-state index contributed by atoms with van der Waals surface area (Å²) in [6, 6.07) is 33.4. The van der Waals surface area contributed by atoms with E-state index in [2.05, 4.69) is 137 Å². The van der Waals surface area contributed by atoms with Gasteiger partial charge in [0.2, 0.25) is 0 Å². The zero-order chi connectivity index (χ0) is 24.0. The quantitative estimate of drug-likeness (QED) is 0.289. The third-order valence-corrected chi connectivity index (χ3v) is 11.6. The Balaban J connectivity index is 0.00000342. The first-order chi connectivity index (χ1) is 16.4. The van der Waals surface area contributed by atoms with Crippen LogP contribution in [0.15, 0.2) is 126 Å². The Morgan fingerprint density at radius 3 is 1.69 bits per heavy atom. The molecule has 1 aliphatic carbocycles. The van der Waals surface area contributed by atoms with Crippen molar-refractivity contribution < 1.29 is 17.0 Å². The van der Waals surface area contributed by atoms with Crippen LogP contribution in [0, 0.1) is 5.41 Å². The first-order valence-electron chi connectivity index (χ1n) is 12.5. The van der Waals surface area contributed by atoms with Crippen molar-refractivity contribution in [1.29, 1.82) is 0 Å². The topological polar surface area (TPSA) is 0 Å². The minimum Gasteiger partial charge on any atom is -1.00 e. The maximum Gasteiger partial charge on any atom is 0.115 e. The van der Waals surface area contributed by atoms with Crippen LogP contribution in [-0.4, -0.2) is 6.16 Å². The lowest BCUT2D eigenvalue weighted by Gasteiger charge is -2.33. The Kier molecular flexibility index (Phi) is 9.51. The van der Waals surface area contributed by atoms with E-state index in [1.54, 1.807) is 5.57 Å². The summed E-state index contributed by atoms with van der Waals surface area (Å²) in [7, 11) is -1.82. The molecule has 0 spiro atoms. The molecule has 0 heterocycles. The van der Waals surface area contributed by atoms with Crippen molar-refractivity contribution in [1.82, 2.24) is 0 Å². The standard InChI is InChI=1S/C33H38P.BrH/c1-27(22-23-32-28(2)15-14-25-33(32,3)4)24-26-34(29-16-8-5-9-17-29,30-18-10-6-11-19-30)31-20-12-7-13-21-31;/h5-13,16-24H,14-15,25-26H2,1-4H3;1H/q+1;/p-1/b23-22+,27-24+;. The van der Waals surface area contributed by atoms with Crippen molar-refractivity contribution in [3.05, 3.63) is 126 Å². The van der Waals surface area contributed by atoms with E-state index in [9.17, 15) is 0 Å². The van der Waals surface area contributed by atoms with Gasteiger partial charge in [0.25, 0.3) is 0 Å². The number of benzene rings is 3. The fourth-order valence-electron chi connectivity index (χ4n) is 5.38. The van der Waals surface area contributed by atoms with Gasteiger partial charge in [-0.05, 0) is 86.6 Å². The molecular weight excluding hydrogens is 507 g/mol. The van der Waals surface area contributed by atoms with Crippen LogP contribution in [0.3, 0.4) is 0 Å². The van der Waals surface area contributed by atoms with Gasteiger partial charge >= 0.3 is 0 Å². The van der Waals surface area contributed by atoms with Crippen molar-refractivity contribution in [2.75, 3.05) is 6.16 Å². The molecule has 0 aliphatic heterocycles. The summed E-state index contributed by atoms with van der Waals surface area (Å²) in [6.07, 6.45) is 12.1. The average molecular weight is 546 g/mol. The van der Waals surface area contributed by atoms with E-state index in [1.165, 1.54) is 46.3 Å². The fourth-order valence-corrected chi connectivity index (χ4v) is 9.52. The average Bonchev–Trinajstić information content (AvgIpc) is 2.86. The van der Waals surface area contributed by atoms with Crippen LogP contribution in [0.4, 0.5) is 0 Å². The molecule has 0 bridgehead atoms. The summed E-state index contributed by atoms with van der Waals surface area (Å²) in [5.41, 5.74) is 4.70. The molecule has 0 amide bonds. The van der Waals surface area contributed by atoms with E-state index < -0.39 is 7.26 Å². The molecule has 0 nitrogen and oxygen atoms in total. The highest BCUT2D eigenvalue weighted by Crippen LogP contribution is 2.55. The number of hydrogen-bond acceptors (Lipinski definition) is 0. The Labute approximate surface area is 224 Å². The van der Waals surface area contributed by atoms with Crippen LogP contribution in [0.5, 0.6) is 0 Å². The summed E-state index contributed by atoms with van der Waals surface area (Å²) in [4.78, 5) is 0. The molecule has 0 radical (unpaired) electrons. The molecule has 0 saturated carbocycles. The molecule has 1 aliphatic rings. The SMILES string of the molecule is CC1=C(/C=C/C(C)=C/C[P+](c2ccccc2)(c2ccccc2)c2ccccc2)C(C)(C)CCC1.[Br-]. The maximum atomic E-state index is 2.48. The Morgan fingerprint density at radius 2 is 1.26 bits per heavy atom. The van der Waals surface area contributed by atoms with Gasteiger partial charge < -0.3 is 17.0 Å². The lowest BCUT2D eigenvalue weighted by molar-refractivity contribution is -0.00000727. The zero-order valence-corrected chi connectivity index (χ0v) is 24.0. The molecule has 0 aromatic heterocycles. The van der Waals surface area contributed by atoms with Crippen LogP contribution in [-0.2, 0) is 0 Å². The molecule has 4 rings (SSSR count). The highest BCUT2D eigenvalue weighted by Gasteiger charge is 2.44. The zero-order valence-electron chi connectivity index (χ0n) is 21.5. The van der Waals surface area contributed by atoms with Crippen LogP contribution in [0.25, 0.3) is 0 Å². The Bertz CT molecular complexity index is 1070. The highest BCUT2D eigenvalue weighted by atomic mass is 79.9. The van der Waals surface area contributed by atoms with E-state index in [-0.39, 0.29) is 22.4 Å². The van der Waals surface area contributed by atoms with E-state index in [0.717, 1.165) is 6.16 Å². The molecule has 0 atom stereocenters. The number of rotatable bonds is 7. The van der Waals surface area contributed by atoms with Crippen molar-refractivity contribution in [2.24, 2.45) is 5.41 Å². The minimum absolute atomic E-state index is 0.